The van der Waals surface area contributed by atoms with Crippen LogP contribution in [-0.2, 0) is 48.4 Å². The summed E-state index contributed by atoms with van der Waals surface area (Å²) in [7, 11) is 0. The van der Waals surface area contributed by atoms with E-state index in [9.17, 15) is 33.9 Å². The molecule has 16 nitrogen and oxygen atoms in total. The normalized spacial score (nSPS) is 15.4. The highest BCUT2D eigenvalue weighted by molar-refractivity contribution is 7.80. The minimum Gasteiger partial charge on any atom is -0.494 e. The van der Waals surface area contributed by atoms with Gasteiger partial charge in [0.25, 0.3) is 29.2 Å². The molecule has 2 aliphatic rings. The van der Waals surface area contributed by atoms with Gasteiger partial charge >= 0.3 is 5.97 Å². The molecule has 4 aromatic rings. The molecule has 2 saturated heterocycles. The highest BCUT2D eigenvalue weighted by Gasteiger charge is 2.39. The fourth-order valence-electron chi connectivity index (χ4n) is 6.23. The Morgan fingerprint density at radius 2 is 1.31 bits per heavy atom. The van der Waals surface area contributed by atoms with E-state index in [2.05, 4.69) is 15.0 Å². The number of unbranched alkanes of at least 4 members (excludes halogenated alkanes) is 2. The molecule has 2 fully saturated rings. The second-order valence-corrected chi connectivity index (χ2v) is 14.1. The number of rotatable bonds is 16. The van der Waals surface area contributed by atoms with Crippen molar-refractivity contribution in [3.8, 4) is 5.88 Å². The van der Waals surface area contributed by atoms with Crippen molar-refractivity contribution < 1.29 is 33.9 Å². The molecule has 18 heteroatoms. The number of pyridine rings is 3. The maximum atomic E-state index is 13.8. The number of nitrogens with zero attached hydrogens (tertiary/aromatic N) is 8. The van der Waals surface area contributed by atoms with Crippen LogP contribution in [0.4, 0.5) is 0 Å². The molecule has 0 radical (unpaired) electrons. The molecule has 0 bridgehead atoms. The Morgan fingerprint density at radius 1 is 0.729 bits per heavy atom. The summed E-state index contributed by atoms with van der Waals surface area (Å²) in [6.07, 6.45) is 18.1. The van der Waals surface area contributed by atoms with Crippen LogP contribution in [0.5, 0.6) is 5.88 Å². The maximum absolute atomic E-state index is 13.8. The number of imide groups is 1. The van der Waals surface area contributed by atoms with Crippen LogP contribution in [0.25, 0.3) is 6.08 Å². The highest BCUT2D eigenvalue weighted by Crippen LogP contribution is 2.23. The van der Waals surface area contributed by atoms with Crippen LogP contribution in [0.2, 0.25) is 0 Å². The van der Waals surface area contributed by atoms with Gasteiger partial charge in [-0.1, -0.05) is 42.8 Å². The zero-order chi connectivity index (χ0) is 41.9. The number of aromatic nitrogens is 5. The molecule has 1 N–H and O–H groups in total. The third kappa shape index (κ3) is 10.2. The highest BCUT2D eigenvalue weighted by atomic mass is 32.1. The van der Waals surface area contributed by atoms with E-state index < -0.39 is 35.2 Å². The summed E-state index contributed by atoms with van der Waals surface area (Å²) in [6.45, 7) is 0.437. The Morgan fingerprint density at radius 3 is 1.90 bits per heavy atom. The van der Waals surface area contributed by atoms with E-state index in [0.29, 0.717) is 29.9 Å². The van der Waals surface area contributed by atoms with Crippen LogP contribution in [0, 0.1) is 4.77 Å². The maximum Gasteiger partial charge on any atom is 0.333 e. The van der Waals surface area contributed by atoms with Crippen molar-refractivity contribution in [2.45, 2.75) is 58.2 Å². The zero-order valence-corrected chi connectivity index (χ0v) is 33.2. The molecular weight excluding hydrogens is 797 g/mol. The van der Waals surface area contributed by atoms with Crippen molar-refractivity contribution in [2.75, 3.05) is 6.54 Å². The second kappa shape index (κ2) is 19.6. The monoisotopic (exact) mass is 834 g/mol. The SMILES string of the molecule is O=C(CCCCCN1C(=O)\C(=C/C=C/C=C/c2c(O)n(Cc3cccnc3)c(=S)n(Cc3cccnc3)c2=O)C(=O)N(Cc2cccnc2)C1=S)ON1C(=O)CCC1=O. The third-order valence-corrected chi connectivity index (χ3v) is 10.1. The molecule has 59 heavy (non-hydrogen) atoms. The summed E-state index contributed by atoms with van der Waals surface area (Å²) in [6, 6.07) is 10.6. The minimum absolute atomic E-state index is 0.00187. The van der Waals surface area contributed by atoms with Crippen molar-refractivity contribution in [1.82, 2.24) is 38.9 Å². The molecule has 0 aliphatic carbocycles. The first kappa shape index (κ1) is 41.8. The van der Waals surface area contributed by atoms with Gasteiger partial charge in [-0.2, -0.15) is 0 Å². The Bertz CT molecular complexity index is 2450. The molecule has 4 amide bonds. The standard InChI is InChI=1S/C41H38N8O8S2/c50-33-16-17-34(51)49(33)57-35(52)15-5-2-6-21-45-36(53)31(37(54)46(40(45)58)25-28-10-7-18-42-22-28)13-3-1-4-14-32-38(55)47(26-29-11-8-19-43-23-29)41(59)48(39(32)56)27-30-12-9-20-44-24-30/h1,3-4,7-14,18-20,22-24,55H,2,5-6,15-17,21,25-27H2/b3-1+,14-4+,31-13+. The third-order valence-electron chi connectivity index (χ3n) is 9.25. The van der Waals surface area contributed by atoms with Gasteiger partial charge < -0.3 is 9.94 Å². The summed E-state index contributed by atoms with van der Waals surface area (Å²) in [5, 5.41) is 11.9. The number of carbonyl (C=O) groups excluding carboxylic acids is 5. The predicted octanol–water partition coefficient (Wildman–Crippen LogP) is 4.19. The molecule has 302 valence electrons. The summed E-state index contributed by atoms with van der Waals surface area (Å²) in [4.78, 5) is 97.0. The first-order valence-electron chi connectivity index (χ1n) is 18.6. The number of thiocarbonyl (C=S) groups is 1. The summed E-state index contributed by atoms with van der Waals surface area (Å²) >= 11 is 11.3. The smallest absolute Gasteiger partial charge is 0.333 e. The lowest BCUT2D eigenvalue weighted by atomic mass is 10.1. The van der Waals surface area contributed by atoms with Crippen LogP contribution in [0.1, 0.15) is 60.8 Å². The van der Waals surface area contributed by atoms with E-state index >= 15 is 0 Å². The summed E-state index contributed by atoms with van der Waals surface area (Å²) in [5.74, 6) is -3.42. The molecule has 0 saturated carbocycles. The van der Waals surface area contributed by atoms with Crippen LogP contribution in [0.15, 0.2) is 108 Å². The van der Waals surface area contributed by atoms with Gasteiger partial charge in [0, 0.05) is 63.0 Å². The number of hydrogen-bond acceptors (Lipinski definition) is 13. The van der Waals surface area contributed by atoms with Gasteiger partial charge in [-0.25, -0.2) is 4.79 Å². The number of hydroxylamine groups is 2. The van der Waals surface area contributed by atoms with Crippen LogP contribution in [0.3, 0.4) is 0 Å². The zero-order valence-electron chi connectivity index (χ0n) is 31.6. The van der Waals surface area contributed by atoms with E-state index in [1.165, 1.54) is 49.3 Å². The summed E-state index contributed by atoms with van der Waals surface area (Å²) in [5.41, 5.74) is 1.41. The number of carbonyl (C=O) groups is 5. The summed E-state index contributed by atoms with van der Waals surface area (Å²) < 4.78 is 2.90. The average Bonchev–Trinajstić information content (AvgIpc) is 3.56. The van der Waals surface area contributed by atoms with E-state index in [-0.39, 0.29) is 72.3 Å². The molecule has 0 aromatic carbocycles. The van der Waals surface area contributed by atoms with E-state index in [0.717, 1.165) is 11.1 Å². The van der Waals surface area contributed by atoms with Crippen LogP contribution >= 0.6 is 24.4 Å². The molecule has 0 unspecified atom stereocenters. The molecule has 0 spiro atoms. The first-order valence-corrected chi connectivity index (χ1v) is 19.4. The van der Waals surface area contributed by atoms with Gasteiger partial charge in [0.15, 0.2) is 9.88 Å². The first-order chi connectivity index (χ1) is 28.5. The largest absolute Gasteiger partial charge is 0.494 e. The molecule has 0 atom stereocenters. The van der Waals surface area contributed by atoms with Gasteiger partial charge in [0.2, 0.25) is 5.88 Å². The number of amides is 4. The lowest BCUT2D eigenvalue weighted by molar-refractivity contribution is -0.197. The number of hydrogen-bond donors (Lipinski definition) is 1. The molecular formula is C41H38N8O8S2. The number of allylic oxidation sites excluding steroid dienone is 4. The topological polar surface area (TPSA) is 190 Å². The van der Waals surface area contributed by atoms with Gasteiger partial charge in [-0.3, -0.25) is 57.9 Å². The van der Waals surface area contributed by atoms with Crippen molar-refractivity contribution >= 4 is 65.2 Å². The van der Waals surface area contributed by atoms with Crippen LogP contribution < -0.4 is 5.56 Å². The van der Waals surface area contributed by atoms with Gasteiger partial charge in [-0.05, 0) is 84.3 Å². The average molecular weight is 835 g/mol. The molecule has 6 heterocycles. The molecule has 6 rings (SSSR count). The van der Waals surface area contributed by atoms with Crippen molar-refractivity contribution in [3.05, 3.63) is 141 Å². The Hall–Kier alpha value is -6.79. The Balaban J connectivity index is 1.20. The quantitative estimate of drug-likeness (QED) is 0.0423. The van der Waals surface area contributed by atoms with Crippen molar-refractivity contribution in [3.63, 3.8) is 0 Å². The van der Waals surface area contributed by atoms with E-state index in [1.807, 2.05) is 12.1 Å². The number of aromatic hydroxyl groups is 1. The van der Waals surface area contributed by atoms with Crippen LogP contribution in [-0.4, -0.2) is 85.3 Å². The lowest BCUT2D eigenvalue weighted by Crippen LogP contribution is -2.56. The predicted molar refractivity (Wildman–Crippen MR) is 219 cm³/mol. The fraction of sp³-hybridized carbons (Fsp3) is 0.244. The molecule has 2 aliphatic heterocycles. The lowest BCUT2D eigenvalue weighted by Gasteiger charge is -2.36. The van der Waals surface area contributed by atoms with Gasteiger partial charge in [0.05, 0.1) is 19.6 Å². The molecule has 4 aromatic heterocycles. The fourth-order valence-corrected chi connectivity index (χ4v) is 6.85. The van der Waals surface area contributed by atoms with E-state index in [4.69, 9.17) is 29.3 Å². The van der Waals surface area contributed by atoms with E-state index in [1.54, 1.807) is 61.4 Å². The van der Waals surface area contributed by atoms with Crippen molar-refractivity contribution in [2.24, 2.45) is 0 Å². The van der Waals surface area contributed by atoms with Gasteiger partial charge in [-0.15, -0.1) is 5.06 Å². The minimum atomic E-state index is -0.718. The Kier molecular flexibility index (Phi) is 13.9. The second-order valence-electron chi connectivity index (χ2n) is 13.4. The van der Waals surface area contributed by atoms with Crippen molar-refractivity contribution in [1.29, 1.82) is 0 Å². The Labute approximate surface area is 348 Å². The van der Waals surface area contributed by atoms with Gasteiger partial charge in [0.1, 0.15) is 11.1 Å².